The molecule has 3 heteroatoms. The molecule has 0 bridgehead atoms. The molecule has 0 saturated carbocycles. The lowest BCUT2D eigenvalue weighted by atomic mass is 9.94. The van der Waals surface area contributed by atoms with Gasteiger partial charge in [0.05, 0.1) is 22.6 Å². The van der Waals surface area contributed by atoms with Gasteiger partial charge in [0.1, 0.15) is 0 Å². The molecule has 0 saturated heterocycles. The average molecular weight is 616 g/mol. The number of fused-ring (bicyclic) bond motifs is 8. The van der Waals surface area contributed by atoms with Gasteiger partial charge in [0.25, 0.3) is 0 Å². The van der Waals surface area contributed by atoms with E-state index >= 15 is 0 Å². The van der Waals surface area contributed by atoms with E-state index in [1.54, 1.807) is 6.20 Å². The fraction of sp³-hybridized carbons (Fsp3) is 0.0222. The number of benzene rings is 7. The number of hydrogen-bond acceptors (Lipinski definition) is 2. The van der Waals surface area contributed by atoms with Crippen LogP contribution in [0.15, 0.2) is 164 Å². The molecule has 1 aromatic heterocycles. The molecule has 0 atom stereocenters. The third kappa shape index (κ3) is 4.29. The summed E-state index contributed by atoms with van der Waals surface area (Å²) in [6.45, 7) is 2.13. The van der Waals surface area contributed by atoms with Crippen molar-refractivity contribution in [3.63, 3.8) is 0 Å². The van der Waals surface area contributed by atoms with E-state index in [0.29, 0.717) is 0 Å². The first-order valence-corrected chi connectivity index (χ1v) is 16.4. The molecule has 0 aliphatic carbocycles. The Labute approximate surface area is 280 Å². The number of hydrogen-bond donors (Lipinski definition) is 1. The molecular weight excluding hydrogens is 583 g/mol. The highest BCUT2D eigenvalue weighted by atomic mass is 15.2. The van der Waals surface area contributed by atoms with Crippen molar-refractivity contribution >= 4 is 44.8 Å². The maximum Gasteiger partial charge on any atom is 0.0641 e. The predicted octanol–water partition coefficient (Wildman–Crippen LogP) is 11.8. The molecule has 0 spiro atoms. The minimum absolute atomic E-state index is 1.12. The third-order valence-electron chi connectivity index (χ3n) is 9.68. The fourth-order valence-corrected chi connectivity index (χ4v) is 7.56. The number of rotatable bonds is 4. The van der Waals surface area contributed by atoms with E-state index in [-0.39, 0.29) is 0 Å². The molecule has 0 radical (unpaired) electrons. The van der Waals surface area contributed by atoms with E-state index in [1.807, 2.05) is 6.08 Å². The summed E-state index contributed by atoms with van der Waals surface area (Å²) in [5, 5.41) is 3.63. The van der Waals surface area contributed by atoms with E-state index in [1.165, 1.54) is 60.8 Å². The molecule has 8 aromatic rings. The van der Waals surface area contributed by atoms with E-state index in [0.717, 1.165) is 28.3 Å². The molecule has 3 nitrogen and oxygen atoms in total. The highest BCUT2D eigenvalue weighted by molar-refractivity contribution is 6.13. The van der Waals surface area contributed by atoms with Crippen molar-refractivity contribution in [1.82, 2.24) is 4.57 Å². The van der Waals surface area contributed by atoms with Gasteiger partial charge in [-0.2, -0.15) is 0 Å². The summed E-state index contributed by atoms with van der Waals surface area (Å²) in [7, 11) is 0. The van der Waals surface area contributed by atoms with Crippen LogP contribution in [-0.4, -0.2) is 4.57 Å². The van der Waals surface area contributed by atoms with Crippen molar-refractivity contribution in [1.29, 1.82) is 0 Å². The SMILES string of the molecule is Cc1cccc(-c2ccc3ccc(N4c5ccccc5-c5c(n(-c6ccccc6)c6ccccc56)-c5ccccc54)cc3c2)c1/C=C\N. The van der Waals surface area contributed by atoms with Gasteiger partial charge in [0, 0.05) is 33.5 Å². The summed E-state index contributed by atoms with van der Waals surface area (Å²) in [6, 6.07) is 57.2. The molecule has 0 fully saturated rings. The normalized spacial score (nSPS) is 12.2. The van der Waals surface area contributed by atoms with Crippen LogP contribution < -0.4 is 10.6 Å². The summed E-state index contributed by atoms with van der Waals surface area (Å²) in [6.07, 6.45) is 3.63. The summed E-state index contributed by atoms with van der Waals surface area (Å²) in [5.41, 5.74) is 21.2. The van der Waals surface area contributed by atoms with Gasteiger partial charge >= 0.3 is 0 Å². The van der Waals surface area contributed by atoms with Crippen LogP contribution in [0.3, 0.4) is 0 Å². The lowest BCUT2D eigenvalue weighted by molar-refractivity contribution is 1.13. The molecule has 48 heavy (non-hydrogen) atoms. The highest BCUT2D eigenvalue weighted by Crippen LogP contribution is 2.54. The van der Waals surface area contributed by atoms with Crippen LogP contribution in [0.25, 0.3) is 66.9 Å². The first kappa shape index (κ1) is 27.9. The predicted molar refractivity (Wildman–Crippen MR) is 203 cm³/mol. The number of anilines is 3. The zero-order chi connectivity index (χ0) is 32.2. The second-order valence-corrected chi connectivity index (χ2v) is 12.4. The monoisotopic (exact) mass is 615 g/mol. The Morgan fingerprint density at radius 2 is 1.23 bits per heavy atom. The number of para-hydroxylation sites is 4. The van der Waals surface area contributed by atoms with Crippen molar-refractivity contribution in [2.45, 2.75) is 6.92 Å². The van der Waals surface area contributed by atoms with Crippen molar-refractivity contribution in [3.8, 4) is 39.2 Å². The Bertz CT molecular complexity index is 2540. The van der Waals surface area contributed by atoms with E-state index < -0.39 is 0 Å². The Morgan fingerprint density at radius 3 is 2.06 bits per heavy atom. The zero-order valence-electron chi connectivity index (χ0n) is 26.6. The minimum atomic E-state index is 1.12. The van der Waals surface area contributed by atoms with Crippen LogP contribution in [0.1, 0.15) is 11.1 Å². The third-order valence-corrected chi connectivity index (χ3v) is 9.68. The first-order chi connectivity index (χ1) is 23.7. The standard InChI is InChI=1S/C45H33N3/c1-30-12-11-18-37(36(30)26-27-46)32-23-22-31-24-25-35(29-33(31)28-32)47-41-19-8-5-15-38(41)44-39-16-6-9-20-42(39)48(34-13-3-2-4-14-34)45(44)40-17-7-10-21-43(40)47/h2-29H,46H2,1H3/b27-26-. The van der Waals surface area contributed by atoms with Crippen molar-refractivity contribution in [2.75, 3.05) is 4.90 Å². The van der Waals surface area contributed by atoms with Gasteiger partial charge in [-0.15, -0.1) is 0 Å². The first-order valence-electron chi connectivity index (χ1n) is 16.4. The van der Waals surface area contributed by atoms with Gasteiger partial charge in [0.2, 0.25) is 0 Å². The Morgan fingerprint density at radius 1 is 0.542 bits per heavy atom. The molecule has 2 heterocycles. The largest absolute Gasteiger partial charge is 0.405 e. The summed E-state index contributed by atoms with van der Waals surface area (Å²) >= 11 is 0. The van der Waals surface area contributed by atoms with Crippen LogP contribution >= 0.6 is 0 Å². The molecule has 2 N–H and O–H groups in total. The van der Waals surface area contributed by atoms with Gasteiger partial charge in [-0.05, 0) is 101 Å². The van der Waals surface area contributed by atoms with Crippen LogP contribution in [0.4, 0.5) is 17.1 Å². The number of aryl methyl sites for hydroxylation is 1. The Balaban J connectivity index is 1.31. The lowest BCUT2D eigenvalue weighted by Gasteiger charge is -2.28. The molecule has 0 amide bonds. The fourth-order valence-electron chi connectivity index (χ4n) is 7.56. The van der Waals surface area contributed by atoms with Crippen LogP contribution in [0.5, 0.6) is 0 Å². The van der Waals surface area contributed by atoms with Gasteiger partial charge in [-0.25, -0.2) is 0 Å². The summed E-state index contributed by atoms with van der Waals surface area (Å²) in [5.74, 6) is 0. The topological polar surface area (TPSA) is 34.2 Å². The zero-order valence-corrected chi connectivity index (χ0v) is 26.6. The molecular formula is C45H33N3. The molecule has 228 valence electrons. The van der Waals surface area contributed by atoms with Crippen LogP contribution in [0.2, 0.25) is 0 Å². The summed E-state index contributed by atoms with van der Waals surface area (Å²) < 4.78 is 2.44. The van der Waals surface area contributed by atoms with Gasteiger partial charge in [-0.1, -0.05) is 109 Å². The quantitative estimate of drug-likeness (QED) is 0.214. The maximum atomic E-state index is 5.87. The van der Waals surface area contributed by atoms with E-state index in [9.17, 15) is 0 Å². The van der Waals surface area contributed by atoms with E-state index in [4.69, 9.17) is 5.73 Å². The molecule has 0 unspecified atom stereocenters. The Hall–Kier alpha value is -6.32. The highest BCUT2D eigenvalue weighted by Gasteiger charge is 2.31. The molecule has 7 aromatic carbocycles. The maximum absolute atomic E-state index is 5.87. The smallest absolute Gasteiger partial charge is 0.0641 e. The van der Waals surface area contributed by atoms with Crippen LogP contribution in [0, 0.1) is 6.92 Å². The summed E-state index contributed by atoms with van der Waals surface area (Å²) in [4.78, 5) is 2.44. The molecule has 1 aliphatic heterocycles. The van der Waals surface area contributed by atoms with Crippen molar-refractivity contribution < 1.29 is 0 Å². The second-order valence-electron chi connectivity index (χ2n) is 12.4. The Kier molecular flexibility index (Phi) is 6.51. The number of nitrogens with two attached hydrogens (primary N) is 1. The van der Waals surface area contributed by atoms with Gasteiger partial charge < -0.3 is 15.2 Å². The van der Waals surface area contributed by atoms with Crippen molar-refractivity contribution in [3.05, 3.63) is 175 Å². The van der Waals surface area contributed by atoms with Crippen molar-refractivity contribution in [2.24, 2.45) is 5.73 Å². The van der Waals surface area contributed by atoms with E-state index in [2.05, 4.69) is 174 Å². The molecule has 9 rings (SSSR count). The molecule has 1 aliphatic rings. The van der Waals surface area contributed by atoms with Gasteiger partial charge in [0.15, 0.2) is 0 Å². The second kappa shape index (κ2) is 11.2. The van der Waals surface area contributed by atoms with Crippen LogP contribution in [-0.2, 0) is 0 Å². The minimum Gasteiger partial charge on any atom is -0.405 e. The van der Waals surface area contributed by atoms with Gasteiger partial charge in [-0.3, -0.25) is 0 Å². The number of nitrogens with zero attached hydrogens (tertiary/aromatic N) is 2. The average Bonchev–Trinajstić information content (AvgIpc) is 3.42. The number of aromatic nitrogens is 1. The lowest BCUT2D eigenvalue weighted by Crippen LogP contribution is -2.11.